The molecule has 0 aliphatic carbocycles. The lowest BCUT2D eigenvalue weighted by atomic mass is 10.0. The molecule has 3 fully saturated rings. The van der Waals surface area contributed by atoms with Crippen molar-refractivity contribution in [2.24, 2.45) is 20.5 Å². The summed E-state index contributed by atoms with van der Waals surface area (Å²) in [6.45, 7) is 8.96. The number of hydrogen-bond acceptors (Lipinski definition) is 22. The molecule has 9 amide bonds. The Hall–Kier alpha value is -12.2. The minimum atomic E-state index is -0.749. The highest BCUT2D eigenvalue weighted by Gasteiger charge is 2.42. The topological polar surface area (TPSA) is 345 Å². The zero-order chi connectivity index (χ0) is 74.7. The molecule has 5 aliphatic heterocycles. The van der Waals surface area contributed by atoms with Crippen LogP contribution in [-0.2, 0) is 32.3 Å². The summed E-state index contributed by atoms with van der Waals surface area (Å²) in [6, 6.07) is 43.8. The van der Waals surface area contributed by atoms with Crippen molar-refractivity contribution < 1.29 is 52.6 Å². The molecule has 14 rings (SSSR count). The molecule has 107 heavy (non-hydrogen) atoms. The van der Waals surface area contributed by atoms with E-state index in [0.717, 1.165) is 49.9 Å². The van der Waals surface area contributed by atoms with Gasteiger partial charge in [-0.05, 0) is 160 Å². The summed E-state index contributed by atoms with van der Waals surface area (Å²) in [4.78, 5) is 135. The molecule has 0 saturated carbocycles. The van der Waals surface area contributed by atoms with Crippen molar-refractivity contribution in [3.63, 3.8) is 0 Å². The number of amides is 9. The molecule has 3 saturated heterocycles. The van der Waals surface area contributed by atoms with E-state index < -0.39 is 23.9 Å². The first-order valence-corrected chi connectivity index (χ1v) is 35.9. The van der Waals surface area contributed by atoms with E-state index in [1.807, 2.05) is 56.3 Å². The SMILES string of the molecule is Cc1nc(Nc2ncc(C(=O)Nc3c(C)cccc3Cl)s2)cc(N2CCN(CCOc3ccc(N=Nc4ccc(C(=O)Nc5cccc6c5CN(C5CCC(=O)NC5=O)C6=O)cc4)cc3)CC2)n1.O=C1CCC(N2Cc3c(NC(=O)c4ccc(N=Nc5ccc(OCCCl)cc5)cc4)cccc3C2=O)C(=O)N1. The predicted molar refractivity (Wildman–Crippen MR) is 402 cm³/mol. The van der Waals surface area contributed by atoms with E-state index in [2.05, 4.69) is 72.1 Å². The highest BCUT2D eigenvalue weighted by Crippen LogP contribution is 2.36. The first kappa shape index (κ1) is 73.1. The molecule has 2 atom stereocenters. The number of carbonyl (C=O) groups excluding carboxylic acids is 9. The van der Waals surface area contributed by atoms with Gasteiger partial charge < -0.3 is 45.4 Å². The molecular weight excluding hydrogens is 1430 g/mol. The summed E-state index contributed by atoms with van der Waals surface area (Å²) in [5.41, 5.74) is 7.68. The van der Waals surface area contributed by atoms with Gasteiger partial charge in [0.05, 0.1) is 45.5 Å². The van der Waals surface area contributed by atoms with E-state index in [1.165, 1.54) is 27.3 Å². The average molecular weight is 1500 g/mol. The Morgan fingerprint density at radius 2 is 1.07 bits per heavy atom. The Morgan fingerprint density at radius 1 is 0.579 bits per heavy atom. The number of ether oxygens (including phenoxy) is 2. The molecule has 2 unspecified atom stereocenters. The van der Waals surface area contributed by atoms with Gasteiger partial charge in [0, 0.05) is 109 Å². The number of rotatable bonds is 22. The van der Waals surface area contributed by atoms with Gasteiger partial charge in [0.25, 0.3) is 29.5 Å². The number of carbonyl (C=O) groups is 9. The zero-order valence-corrected chi connectivity index (χ0v) is 60.0. The van der Waals surface area contributed by atoms with Gasteiger partial charge >= 0.3 is 0 Å². The predicted octanol–water partition coefficient (Wildman–Crippen LogP) is 12.6. The molecule has 28 nitrogen and oxygen atoms in total. The molecule has 0 radical (unpaired) electrons. The summed E-state index contributed by atoms with van der Waals surface area (Å²) >= 11 is 13.1. The number of piperazine rings is 1. The van der Waals surface area contributed by atoms with Gasteiger partial charge in [0.15, 0.2) is 5.13 Å². The normalized spacial score (nSPS) is 16.4. The van der Waals surface area contributed by atoms with Gasteiger partial charge in [-0.3, -0.25) is 58.7 Å². The average Bonchev–Trinajstić information content (AvgIpc) is 1.63. The highest BCUT2D eigenvalue weighted by atomic mass is 35.5. The monoisotopic (exact) mass is 1500 g/mol. The van der Waals surface area contributed by atoms with E-state index in [9.17, 15) is 43.2 Å². The molecule has 31 heteroatoms. The van der Waals surface area contributed by atoms with Crippen LogP contribution in [0.3, 0.4) is 0 Å². The lowest BCUT2D eigenvalue weighted by Gasteiger charge is -2.35. The van der Waals surface area contributed by atoms with Gasteiger partial charge in [0.2, 0.25) is 23.6 Å². The first-order chi connectivity index (χ1) is 51.9. The number of nitrogens with one attached hydrogen (secondary N) is 6. The molecule has 544 valence electrons. The van der Waals surface area contributed by atoms with Crippen molar-refractivity contribution in [1.82, 2.24) is 40.3 Å². The maximum Gasteiger partial charge on any atom is 0.267 e. The Labute approximate surface area is 627 Å². The number of imide groups is 2. The van der Waals surface area contributed by atoms with Crippen LogP contribution in [0.15, 0.2) is 184 Å². The number of azo groups is 2. The van der Waals surface area contributed by atoms with Crippen molar-refractivity contribution in [2.75, 3.05) is 78.0 Å². The molecule has 7 aromatic carbocycles. The Kier molecular flexibility index (Phi) is 22.8. The zero-order valence-electron chi connectivity index (χ0n) is 57.7. The Bertz CT molecular complexity index is 4960. The van der Waals surface area contributed by atoms with Crippen LogP contribution in [-0.4, -0.2) is 147 Å². The van der Waals surface area contributed by atoms with E-state index in [4.69, 9.17) is 37.7 Å². The molecule has 7 heterocycles. The van der Waals surface area contributed by atoms with Crippen molar-refractivity contribution in [2.45, 2.75) is 64.7 Å². The smallest absolute Gasteiger partial charge is 0.267 e. The lowest BCUT2D eigenvalue weighted by Crippen LogP contribution is -2.52. The molecule has 6 N–H and O–H groups in total. The quantitative estimate of drug-likeness (QED) is 0.0208. The third-order valence-electron chi connectivity index (χ3n) is 18.1. The second kappa shape index (κ2) is 33.3. The van der Waals surface area contributed by atoms with Crippen molar-refractivity contribution >= 4 is 144 Å². The third-order valence-corrected chi connectivity index (χ3v) is 19.5. The maximum absolute atomic E-state index is 13.2. The third kappa shape index (κ3) is 17.8. The maximum atomic E-state index is 13.2. The van der Waals surface area contributed by atoms with Crippen LogP contribution in [0.25, 0.3) is 0 Å². The number of anilines is 6. The van der Waals surface area contributed by atoms with E-state index in [0.29, 0.717) is 125 Å². The van der Waals surface area contributed by atoms with Gasteiger partial charge in [-0.25, -0.2) is 15.0 Å². The van der Waals surface area contributed by atoms with Crippen LogP contribution in [0, 0.1) is 13.8 Å². The molecule has 0 bridgehead atoms. The van der Waals surface area contributed by atoms with Gasteiger partial charge in [-0.1, -0.05) is 47.2 Å². The number of thiazole rings is 1. The summed E-state index contributed by atoms with van der Waals surface area (Å²) in [7, 11) is 0. The molecule has 0 spiro atoms. The van der Waals surface area contributed by atoms with E-state index in [-0.39, 0.29) is 80.1 Å². The number of fused-ring (bicyclic) bond motifs is 2. The fraction of sp³-hybridized carbons (Fsp3) is 0.237. The second-order valence-electron chi connectivity index (χ2n) is 25.3. The van der Waals surface area contributed by atoms with Gasteiger partial charge in [0.1, 0.15) is 59.1 Å². The number of para-hydroxylation sites is 1. The Morgan fingerprint density at radius 3 is 1.55 bits per heavy atom. The van der Waals surface area contributed by atoms with Gasteiger partial charge in [-0.2, -0.15) is 20.5 Å². The summed E-state index contributed by atoms with van der Waals surface area (Å²) in [5, 5.41) is 34.6. The lowest BCUT2D eigenvalue weighted by molar-refractivity contribution is -0.138. The van der Waals surface area contributed by atoms with Crippen LogP contribution in [0.4, 0.5) is 56.6 Å². The highest BCUT2D eigenvalue weighted by molar-refractivity contribution is 7.17. The van der Waals surface area contributed by atoms with Crippen LogP contribution in [0.2, 0.25) is 5.02 Å². The second-order valence-corrected chi connectivity index (χ2v) is 27.1. The molecule has 9 aromatic rings. The number of aromatic nitrogens is 3. The molecule has 5 aliphatic rings. The fourth-order valence-corrected chi connectivity index (χ4v) is 13.6. The summed E-state index contributed by atoms with van der Waals surface area (Å²) < 4.78 is 11.5. The van der Waals surface area contributed by atoms with Crippen LogP contribution < -0.4 is 46.3 Å². The number of nitrogens with zero attached hydrogens (tertiary/aromatic N) is 11. The standard InChI is InChI=1S/C48H45ClN12O6S.C28H24ClN5O5/c1-28-5-3-7-36(49)43(28)56-46(65)39-26-50-48(68-39)54-40-25-41(52-29(2)51-40)60-21-19-59(20-22-60)23-24-67-33-15-13-32(14-16-33)58-57-31-11-9-30(10-12-31)44(63)53-37-8-4-6-34-35(37)27-61(47(34)66)38-17-18-42(62)55-45(38)64;29-14-15-39-20-10-8-19(9-11-20)33-32-18-6-4-17(5-7-18)26(36)30-23-3-1-2-21-22(23)16-34(28(21)38)24-12-13-25(35)31-27(24)37/h3-16,25-26,38H,17-24,27H2,1-2H3,(H,53,63)(H,56,65)(H,55,62,64)(H,50,51,52,54);1-11,24H,12-16H2,(H,30,36)(H,31,35,37). The Balaban J connectivity index is 0.000000219. The van der Waals surface area contributed by atoms with E-state index >= 15 is 0 Å². The first-order valence-electron chi connectivity index (χ1n) is 34.2. The minimum Gasteiger partial charge on any atom is -0.492 e. The van der Waals surface area contributed by atoms with Crippen molar-refractivity contribution in [3.8, 4) is 11.5 Å². The van der Waals surface area contributed by atoms with Crippen LogP contribution in [0.5, 0.6) is 11.5 Å². The number of alkyl halides is 1. The summed E-state index contributed by atoms with van der Waals surface area (Å²) in [5.74, 6) is 0.535. The molecule has 2 aromatic heterocycles. The van der Waals surface area contributed by atoms with Crippen LogP contribution >= 0.6 is 34.5 Å². The number of halogens is 2. The van der Waals surface area contributed by atoms with Crippen molar-refractivity contribution in [3.05, 3.63) is 219 Å². The number of hydrogen-bond donors (Lipinski definition) is 6. The largest absolute Gasteiger partial charge is 0.492 e. The van der Waals surface area contributed by atoms with E-state index in [1.54, 1.807) is 115 Å². The fourth-order valence-electron chi connectivity index (χ4n) is 12.5. The summed E-state index contributed by atoms with van der Waals surface area (Å²) in [6.07, 6.45) is 2.38. The van der Waals surface area contributed by atoms with Crippen molar-refractivity contribution in [1.29, 1.82) is 0 Å². The number of benzene rings is 7. The molecular formula is C76H69Cl2N17O11S. The minimum absolute atomic E-state index is 0.144. The van der Waals surface area contributed by atoms with Crippen LogP contribution in [0.1, 0.15) is 99.3 Å². The number of piperidine rings is 2. The van der Waals surface area contributed by atoms with Gasteiger partial charge in [-0.15, -0.1) is 11.6 Å². The number of aryl methyl sites for hydroxylation is 2.